The molecule has 3 aromatic heterocycles. The number of aryl methyl sites for hydroxylation is 1. The molecule has 0 fully saturated rings. The van der Waals surface area contributed by atoms with Crippen molar-refractivity contribution in [1.29, 1.82) is 0 Å². The Morgan fingerprint density at radius 2 is 1.91 bits per heavy atom. The number of amides is 1. The summed E-state index contributed by atoms with van der Waals surface area (Å²) in [5.41, 5.74) is 3.60. The van der Waals surface area contributed by atoms with Gasteiger partial charge in [0.05, 0.1) is 48.3 Å². The van der Waals surface area contributed by atoms with Crippen molar-refractivity contribution >= 4 is 5.91 Å². The molecule has 0 bridgehead atoms. The molecule has 0 aliphatic carbocycles. The average molecular weight is 433 g/mol. The lowest BCUT2D eigenvalue weighted by atomic mass is 10.1. The molecule has 0 aliphatic heterocycles. The Morgan fingerprint density at radius 3 is 2.59 bits per heavy atom. The Kier molecular flexibility index (Phi) is 6.07. The van der Waals surface area contributed by atoms with Gasteiger partial charge >= 0.3 is 0 Å². The minimum absolute atomic E-state index is 0.0939. The zero-order valence-corrected chi connectivity index (χ0v) is 18.2. The summed E-state index contributed by atoms with van der Waals surface area (Å²) in [4.78, 5) is 20.9. The highest BCUT2D eigenvalue weighted by Crippen LogP contribution is 2.20. The van der Waals surface area contributed by atoms with Crippen molar-refractivity contribution in [2.45, 2.75) is 33.4 Å². The summed E-state index contributed by atoms with van der Waals surface area (Å²) in [6.45, 7) is 6.93. The van der Waals surface area contributed by atoms with Gasteiger partial charge < -0.3 is 4.90 Å². The molecule has 0 aliphatic rings. The lowest BCUT2D eigenvalue weighted by Crippen LogP contribution is -2.41. The Morgan fingerprint density at radius 1 is 1.12 bits per heavy atom. The van der Waals surface area contributed by atoms with E-state index < -0.39 is 0 Å². The highest BCUT2D eigenvalue weighted by Gasteiger charge is 2.24. The maximum absolute atomic E-state index is 13.5. The minimum Gasteiger partial charge on any atom is -0.334 e. The number of nitrogens with zero attached hydrogens (tertiary/aromatic N) is 7. The van der Waals surface area contributed by atoms with Crippen molar-refractivity contribution in [3.05, 3.63) is 78.3 Å². The van der Waals surface area contributed by atoms with E-state index in [2.05, 4.69) is 20.3 Å². The Bertz CT molecular complexity index is 1200. The Hall–Kier alpha value is -3.88. The fourth-order valence-corrected chi connectivity index (χ4v) is 3.66. The van der Waals surface area contributed by atoms with Crippen molar-refractivity contribution in [3.8, 4) is 16.9 Å². The smallest absolute Gasteiger partial charge is 0.256 e. The number of pyridine rings is 1. The number of carbonyl (C=O) groups excluding carboxylic acids is 1. The molecule has 0 spiro atoms. The standard InChI is InChI=1S/C23H24FN7O/c1-4-30(23(32)20-11-16(2)5-8-22(20)31-26-9-10-27-31)17(3)14-29-15-18(12-28-29)21-7-6-19(24)13-25-21/h5-13,15,17H,4,14H2,1-3H3/t17-/m0/s1. The SMILES string of the molecule is CCN(C(=O)c1cc(C)ccc1-n1nccn1)[C@@H](C)Cn1cc(-c2ccc(F)cn2)cn1. The summed E-state index contributed by atoms with van der Waals surface area (Å²) < 4.78 is 14.9. The number of hydrogen-bond donors (Lipinski definition) is 0. The van der Waals surface area contributed by atoms with Crippen molar-refractivity contribution in [2.75, 3.05) is 6.54 Å². The van der Waals surface area contributed by atoms with E-state index in [1.54, 1.807) is 34.2 Å². The number of rotatable bonds is 7. The Balaban J connectivity index is 1.55. The summed E-state index contributed by atoms with van der Waals surface area (Å²) in [6, 6.07) is 8.52. The van der Waals surface area contributed by atoms with E-state index >= 15 is 0 Å². The first-order chi connectivity index (χ1) is 15.5. The van der Waals surface area contributed by atoms with Crippen LogP contribution in [0.4, 0.5) is 4.39 Å². The number of hydrogen-bond acceptors (Lipinski definition) is 5. The van der Waals surface area contributed by atoms with Crippen LogP contribution in [0.15, 0.2) is 61.3 Å². The van der Waals surface area contributed by atoms with E-state index in [1.807, 2.05) is 45.2 Å². The van der Waals surface area contributed by atoms with Gasteiger partial charge in [0.25, 0.3) is 5.91 Å². The fraction of sp³-hybridized carbons (Fsp3) is 0.261. The molecule has 0 saturated carbocycles. The third kappa shape index (κ3) is 4.41. The minimum atomic E-state index is -0.382. The largest absolute Gasteiger partial charge is 0.334 e. The number of halogens is 1. The summed E-state index contributed by atoms with van der Waals surface area (Å²) in [7, 11) is 0. The molecule has 0 saturated heterocycles. The summed E-state index contributed by atoms with van der Waals surface area (Å²) in [5.74, 6) is -0.476. The second-order valence-corrected chi connectivity index (χ2v) is 7.59. The maximum Gasteiger partial charge on any atom is 0.256 e. The predicted octanol–water partition coefficient (Wildman–Crippen LogP) is 3.52. The molecule has 1 aromatic carbocycles. The van der Waals surface area contributed by atoms with Gasteiger partial charge in [0.1, 0.15) is 5.82 Å². The maximum atomic E-state index is 13.5. The van der Waals surface area contributed by atoms with E-state index in [4.69, 9.17) is 0 Å². The van der Waals surface area contributed by atoms with Gasteiger partial charge in [-0.2, -0.15) is 20.1 Å². The van der Waals surface area contributed by atoms with Gasteiger partial charge in [-0.1, -0.05) is 11.6 Å². The zero-order valence-electron chi connectivity index (χ0n) is 18.2. The van der Waals surface area contributed by atoms with Gasteiger partial charge in [0, 0.05) is 24.3 Å². The first kappa shape index (κ1) is 21.4. The first-order valence-corrected chi connectivity index (χ1v) is 10.4. The molecule has 0 N–H and O–H groups in total. The van der Waals surface area contributed by atoms with Crippen LogP contribution >= 0.6 is 0 Å². The topological polar surface area (TPSA) is 81.7 Å². The van der Waals surface area contributed by atoms with Gasteiger partial charge in [0.2, 0.25) is 0 Å². The monoisotopic (exact) mass is 433 g/mol. The second kappa shape index (κ2) is 9.09. The highest BCUT2D eigenvalue weighted by atomic mass is 19.1. The lowest BCUT2D eigenvalue weighted by Gasteiger charge is -2.29. The molecule has 0 unspecified atom stereocenters. The molecular formula is C23H24FN7O. The predicted molar refractivity (Wildman–Crippen MR) is 118 cm³/mol. The molecule has 4 aromatic rings. The van der Waals surface area contributed by atoms with Crippen LogP contribution in [0.25, 0.3) is 16.9 Å². The quantitative estimate of drug-likeness (QED) is 0.445. The van der Waals surface area contributed by atoms with Crippen LogP contribution in [0.1, 0.15) is 29.8 Å². The molecule has 9 heteroatoms. The van der Waals surface area contributed by atoms with Crippen molar-refractivity contribution in [3.63, 3.8) is 0 Å². The van der Waals surface area contributed by atoms with Crippen LogP contribution < -0.4 is 0 Å². The van der Waals surface area contributed by atoms with Crippen LogP contribution in [-0.2, 0) is 6.54 Å². The van der Waals surface area contributed by atoms with Crippen LogP contribution in [0.3, 0.4) is 0 Å². The van der Waals surface area contributed by atoms with E-state index in [0.717, 1.165) is 11.1 Å². The molecule has 164 valence electrons. The highest BCUT2D eigenvalue weighted by molar-refractivity contribution is 5.98. The molecule has 1 atom stereocenters. The summed E-state index contributed by atoms with van der Waals surface area (Å²) in [5, 5.41) is 12.8. The third-order valence-electron chi connectivity index (χ3n) is 5.26. The van der Waals surface area contributed by atoms with Crippen molar-refractivity contribution < 1.29 is 9.18 Å². The van der Waals surface area contributed by atoms with E-state index in [0.29, 0.717) is 30.0 Å². The van der Waals surface area contributed by atoms with Gasteiger partial charge in [-0.3, -0.25) is 14.5 Å². The zero-order chi connectivity index (χ0) is 22.7. The van der Waals surface area contributed by atoms with Crippen molar-refractivity contribution in [2.24, 2.45) is 0 Å². The molecular weight excluding hydrogens is 409 g/mol. The van der Waals surface area contributed by atoms with Gasteiger partial charge in [-0.15, -0.1) is 0 Å². The third-order valence-corrected chi connectivity index (χ3v) is 5.26. The van der Waals surface area contributed by atoms with E-state index in [-0.39, 0.29) is 17.8 Å². The molecule has 4 rings (SSSR count). The Labute approximate surface area is 185 Å². The van der Waals surface area contributed by atoms with Crippen molar-refractivity contribution in [1.82, 2.24) is 34.7 Å². The average Bonchev–Trinajstić information content (AvgIpc) is 3.47. The summed E-state index contributed by atoms with van der Waals surface area (Å²) >= 11 is 0. The number of likely N-dealkylation sites (N-methyl/N-ethyl adjacent to an activating group) is 1. The van der Waals surface area contributed by atoms with Crippen LogP contribution in [0.2, 0.25) is 0 Å². The van der Waals surface area contributed by atoms with Crippen LogP contribution in [-0.4, -0.2) is 53.2 Å². The first-order valence-electron chi connectivity index (χ1n) is 10.4. The number of benzene rings is 1. The molecule has 32 heavy (non-hydrogen) atoms. The van der Waals surface area contributed by atoms with E-state index in [9.17, 15) is 9.18 Å². The molecule has 3 heterocycles. The van der Waals surface area contributed by atoms with Gasteiger partial charge in [0.15, 0.2) is 0 Å². The van der Waals surface area contributed by atoms with Crippen LogP contribution in [0, 0.1) is 12.7 Å². The normalized spacial score (nSPS) is 12.0. The van der Waals surface area contributed by atoms with Gasteiger partial charge in [-0.25, -0.2) is 4.39 Å². The molecule has 0 radical (unpaired) electrons. The lowest BCUT2D eigenvalue weighted by molar-refractivity contribution is 0.0684. The fourth-order valence-electron chi connectivity index (χ4n) is 3.66. The van der Waals surface area contributed by atoms with Crippen LogP contribution in [0.5, 0.6) is 0 Å². The number of carbonyl (C=O) groups is 1. The second-order valence-electron chi connectivity index (χ2n) is 7.59. The molecule has 1 amide bonds. The number of aromatic nitrogens is 6. The molecule has 8 nitrogen and oxygen atoms in total. The summed E-state index contributed by atoms with van der Waals surface area (Å²) in [6.07, 6.45) is 7.88. The van der Waals surface area contributed by atoms with E-state index in [1.165, 1.54) is 17.1 Å². The van der Waals surface area contributed by atoms with Gasteiger partial charge in [-0.05, 0) is 45.0 Å².